The Hall–Kier alpha value is -2.05. The molecule has 1 amide bonds. The first-order valence-electron chi connectivity index (χ1n) is 5.06. The highest BCUT2D eigenvalue weighted by Gasteiger charge is 2.57. The highest BCUT2D eigenvalue weighted by Crippen LogP contribution is 2.46. The number of carbonyl (C=O) groups excluding carboxylic acids is 1. The van der Waals surface area contributed by atoms with Crippen molar-refractivity contribution in [3.8, 4) is 0 Å². The maximum Gasteiger partial charge on any atom is 0.319 e. The Kier molecular flexibility index (Phi) is 2.76. The van der Waals surface area contributed by atoms with E-state index >= 15 is 0 Å². The quantitative estimate of drug-likeness (QED) is 0.643. The average molecular weight is 259 g/mol. The molecule has 2 rings (SSSR count). The van der Waals surface area contributed by atoms with Gasteiger partial charge in [0, 0.05) is 12.1 Å². The van der Waals surface area contributed by atoms with E-state index in [4.69, 9.17) is 5.11 Å². The molecule has 0 heterocycles. The number of carboxylic acid groups (broad SMARTS) is 1. The predicted octanol–water partition coefficient (Wildman–Crippen LogP) is 1.91. The molecule has 1 fully saturated rings. The van der Waals surface area contributed by atoms with Crippen LogP contribution in [0.5, 0.6) is 0 Å². The van der Waals surface area contributed by atoms with Crippen molar-refractivity contribution in [2.75, 3.05) is 5.32 Å². The number of anilines is 1. The van der Waals surface area contributed by atoms with Crippen molar-refractivity contribution in [2.24, 2.45) is 5.41 Å². The molecule has 4 nitrogen and oxygen atoms in total. The van der Waals surface area contributed by atoms with E-state index in [1.807, 2.05) is 5.32 Å². The zero-order valence-corrected chi connectivity index (χ0v) is 8.97. The van der Waals surface area contributed by atoms with Gasteiger partial charge in [-0.15, -0.1) is 0 Å². The van der Waals surface area contributed by atoms with E-state index in [1.165, 1.54) is 0 Å². The van der Waals surface area contributed by atoms with Gasteiger partial charge >= 0.3 is 5.97 Å². The number of aliphatic carboxylic acids is 1. The van der Waals surface area contributed by atoms with Gasteiger partial charge in [0.25, 0.3) is 0 Å². The number of benzene rings is 1. The largest absolute Gasteiger partial charge is 0.480 e. The summed E-state index contributed by atoms with van der Waals surface area (Å²) in [6.45, 7) is 0. The molecule has 1 aliphatic carbocycles. The minimum absolute atomic E-state index is 0.119. The van der Waals surface area contributed by atoms with Crippen LogP contribution in [0, 0.1) is 22.9 Å². The lowest BCUT2D eigenvalue weighted by molar-refractivity contribution is -0.147. The standard InChI is InChI=1S/C11H8F3NO3/c12-5-3-6(13)8(14)7(4-5)15-9(16)11(1-2-11)10(17)18/h3-4H,1-2H2,(H,15,16)(H,17,18). The van der Waals surface area contributed by atoms with Crippen molar-refractivity contribution in [3.05, 3.63) is 29.6 Å². The molecule has 0 bridgehead atoms. The summed E-state index contributed by atoms with van der Waals surface area (Å²) in [6, 6.07) is 0.920. The monoisotopic (exact) mass is 259 g/mol. The maximum atomic E-state index is 13.2. The SMILES string of the molecule is O=C(O)C1(C(=O)Nc2cc(F)cc(F)c2F)CC1. The van der Waals surface area contributed by atoms with E-state index in [1.54, 1.807) is 0 Å². The number of rotatable bonds is 3. The van der Waals surface area contributed by atoms with Gasteiger partial charge < -0.3 is 10.4 Å². The Labute approximate surface area is 99.4 Å². The summed E-state index contributed by atoms with van der Waals surface area (Å²) < 4.78 is 39.0. The van der Waals surface area contributed by atoms with Crippen LogP contribution in [0.1, 0.15) is 12.8 Å². The minimum Gasteiger partial charge on any atom is -0.480 e. The Morgan fingerprint density at radius 1 is 1.22 bits per heavy atom. The topological polar surface area (TPSA) is 66.4 Å². The molecule has 7 heteroatoms. The highest BCUT2D eigenvalue weighted by molar-refractivity contribution is 6.10. The summed E-state index contributed by atoms with van der Waals surface area (Å²) in [6.07, 6.45) is 0.237. The molecule has 0 radical (unpaired) electrons. The second kappa shape index (κ2) is 4.01. The van der Waals surface area contributed by atoms with Crippen molar-refractivity contribution in [1.82, 2.24) is 0 Å². The number of amides is 1. The molecule has 18 heavy (non-hydrogen) atoms. The van der Waals surface area contributed by atoms with Gasteiger partial charge in [-0.2, -0.15) is 0 Å². The van der Waals surface area contributed by atoms with Crippen LogP contribution in [0.25, 0.3) is 0 Å². The van der Waals surface area contributed by atoms with Crippen molar-refractivity contribution in [2.45, 2.75) is 12.8 Å². The first-order chi connectivity index (χ1) is 8.36. The summed E-state index contributed by atoms with van der Waals surface area (Å²) in [5, 5.41) is 10.7. The molecule has 2 N–H and O–H groups in total. The van der Waals surface area contributed by atoms with E-state index in [-0.39, 0.29) is 12.8 Å². The third-order valence-corrected chi connectivity index (χ3v) is 2.84. The molecule has 0 aromatic heterocycles. The molecule has 1 aromatic rings. The van der Waals surface area contributed by atoms with Gasteiger partial charge in [0.2, 0.25) is 5.91 Å². The molecule has 96 valence electrons. The number of carbonyl (C=O) groups is 2. The van der Waals surface area contributed by atoms with Crippen molar-refractivity contribution in [3.63, 3.8) is 0 Å². The second-order valence-electron chi connectivity index (χ2n) is 4.09. The Balaban J connectivity index is 2.25. The van der Waals surface area contributed by atoms with Gasteiger partial charge in [-0.3, -0.25) is 9.59 Å². The number of hydrogen-bond donors (Lipinski definition) is 2. The van der Waals surface area contributed by atoms with Gasteiger partial charge in [-0.05, 0) is 12.8 Å². The molecule has 0 aliphatic heterocycles. The molecule has 0 spiro atoms. The summed E-state index contributed by atoms with van der Waals surface area (Å²) in [5.41, 5.74) is -2.31. The van der Waals surface area contributed by atoms with Crippen molar-refractivity contribution < 1.29 is 27.9 Å². The van der Waals surface area contributed by atoms with Crippen LogP contribution >= 0.6 is 0 Å². The Morgan fingerprint density at radius 3 is 2.33 bits per heavy atom. The molecular formula is C11H8F3NO3. The molecule has 0 atom stereocenters. The molecule has 1 aromatic carbocycles. The van der Waals surface area contributed by atoms with E-state index < -0.39 is 40.4 Å². The second-order valence-corrected chi connectivity index (χ2v) is 4.09. The van der Waals surface area contributed by atoms with Crippen LogP contribution in [0.2, 0.25) is 0 Å². The van der Waals surface area contributed by atoms with E-state index in [2.05, 4.69) is 0 Å². The fraction of sp³-hybridized carbons (Fsp3) is 0.273. The van der Waals surface area contributed by atoms with Crippen LogP contribution in [-0.4, -0.2) is 17.0 Å². The van der Waals surface area contributed by atoms with Gasteiger partial charge in [0.1, 0.15) is 11.2 Å². The number of halogens is 3. The normalized spacial score (nSPS) is 16.2. The smallest absolute Gasteiger partial charge is 0.319 e. The minimum atomic E-state index is -1.60. The number of hydrogen-bond acceptors (Lipinski definition) is 2. The van der Waals surface area contributed by atoms with Crippen LogP contribution < -0.4 is 5.32 Å². The average Bonchev–Trinajstić information content (AvgIpc) is 3.06. The third-order valence-electron chi connectivity index (χ3n) is 2.84. The van der Waals surface area contributed by atoms with Gasteiger partial charge in [0.05, 0.1) is 5.69 Å². The first-order valence-corrected chi connectivity index (χ1v) is 5.06. The molecule has 1 saturated carbocycles. The van der Waals surface area contributed by atoms with Crippen LogP contribution in [-0.2, 0) is 9.59 Å². The Bertz CT molecular complexity index is 541. The zero-order chi connectivity index (χ0) is 13.5. The van der Waals surface area contributed by atoms with Gasteiger partial charge in [-0.1, -0.05) is 0 Å². The van der Waals surface area contributed by atoms with Crippen LogP contribution in [0.3, 0.4) is 0 Å². The van der Waals surface area contributed by atoms with Crippen molar-refractivity contribution in [1.29, 1.82) is 0 Å². The fourth-order valence-electron chi connectivity index (χ4n) is 1.55. The third kappa shape index (κ3) is 1.92. The summed E-state index contributed by atoms with van der Waals surface area (Å²) in [4.78, 5) is 22.4. The van der Waals surface area contributed by atoms with Crippen molar-refractivity contribution >= 4 is 17.6 Å². The highest BCUT2D eigenvalue weighted by atomic mass is 19.2. The summed E-state index contributed by atoms with van der Waals surface area (Å²) >= 11 is 0. The van der Waals surface area contributed by atoms with Gasteiger partial charge in [-0.25, -0.2) is 13.2 Å². The first kappa shape index (κ1) is 12.4. The zero-order valence-electron chi connectivity index (χ0n) is 8.97. The fourth-order valence-corrected chi connectivity index (χ4v) is 1.55. The predicted molar refractivity (Wildman–Crippen MR) is 54.2 cm³/mol. The summed E-state index contributed by atoms with van der Waals surface area (Å²) in [5.74, 6) is -6.25. The van der Waals surface area contributed by atoms with Gasteiger partial charge in [0.15, 0.2) is 11.6 Å². The summed E-state index contributed by atoms with van der Waals surface area (Å²) in [7, 11) is 0. The van der Waals surface area contributed by atoms with E-state index in [0.29, 0.717) is 12.1 Å². The molecule has 1 aliphatic rings. The molecular weight excluding hydrogens is 251 g/mol. The van der Waals surface area contributed by atoms with Crippen LogP contribution in [0.15, 0.2) is 12.1 Å². The maximum absolute atomic E-state index is 13.2. The number of carboxylic acids is 1. The lowest BCUT2D eigenvalue weighted by Gasteiger charge is -2.11. The van der Waals surface area contributed by atoms with E-state index in [9.17, 15) is 22.8 Å². The van der Waals surface area contributed by atoms with Crippen LogP contribution in [0.4, 0.5) is 18.9 Å². The lowest BCUT2D eigenvalue weighted by atomic mass is 10.1. The molecule has 0 unspecified atom stereocenters. The van der Waals surface area contributed by atoms with E-state index in [0.717, 1.165) is 0 Å². The lowest BCUT2D eigenvalue weighted by Crippen LogP contribution is -2.31. The Morgan fingerprint density at radius 2 is 1.83 bits per heavy atom. The number of nitrogens with one attached hydrogen (secondary N) is 1. The molecule has 0 saturated heterocycles.